The predicted octanol–water partition coefficient (Wildman–Crippen LogP) is 3.20. The lowest BCUT2D eigenvalue weighted by Gasteiger charge is -2.33. The zero-order chi connectivity index (χ0) is 19.0. The molecular weight excluding hydrogens is 369 g/mol. The summed E-state index contributed by atoms with van der Waals surface area (Å²) < 4.78 is 15.1. The molecule has 3 heterocycles. The lowest BCUT2D eigenvalue weighted by Crippen LogP contribution is -2.37. The molecule has 3 aromatic rings. The number of halogens is 2. The highest BCUT2D eigenvalue weighted by Crippen LogP contribution is 2.27. The summed E-state index contributed by atoms with van der Waals surface area (Å²) in [6.45, 7) is 4.04. The van der Waals surface area contributed by atoms with Gasteiger partial charge in [-0.15, -0.1) is 0 Å². The predicted molar refractivity (Wildman–Crippen MR) is 103 cm³/mol. The van der Waals surface area contributed by atoms with Crippen molar-refractivity contribution in [3.8, 4) is 0 Å². The van der Waals surface area contributed by atoms with Crippen molar-refractivity contribution in [3.63, 3.8) is 0 Å². The Morgan fingerprint density at radius 2 is 2.07 bits per heavy atom. The highest BCUT2D eigenvalue weighted by molar-refractivity contribution is 6.32. The molecule has 0 bridgehead atoms. The van der Waals surface area contributed by atoms with Gasteiger partial charge in [0.05, 0.1) is 17.1 Å². The minimum Gasteiger partial charge on any atom is -0.355 e. The Labute approximate surface area is 160 Å². The van der Waals surface area contributed by atoms with Gasteiger partial charge < -0.3 is 4.90 Å². The van der Waals surface area contributed by atoms with Crippen LogP contribution in [0.5, 0.6) is 0 Å². The van der Waals surface area contributed by atoms with E-state index in [1.165, 1.54) is 24.5 Å². The average molecular weight is 388 g/mol. The van der Waals surface area contributed by atoms with Crippen molar-refractivity contribution < 1.29 is 4.39 Å². The Morgan fingerprint density at radius 1 is 1.30 bits per heavy atom. The normalized spacial score (nSPS) is 15.4. The Morgan fingerprint density at radius 3 is 2.81 bits per heavy atom. The van der Waals surface area contributed by atoms with Crippen LogP contribution in [0.1, 0.15) is 18.7 Å². The van der Waals surface area contributed by atoms with Crippen LogP contribution < -0.4 is 10.5 Å². The Balaban J connectivity index is 1.52. The number of rotatable bonds is 3. The monoisotopic (exact) mass is 387 g/mol. The van der Waals surface area contributed by atoms with Crippen LogP contribution in [0, 0.1) is 18.7 Å². The van der Waals surface area contributed by atoms with Gasteiger partial charge in [0.1, 0.15) is 23.0 Å². The smallest absolute Gasteiger partial charge is 0.261 e. The van der Waals surface area contributed by atoms with Crippen LogP contribution >= 0.6 is 11.6 Å². The molecule has 6 nitrogen and oxygen atoms in total. The summed E-state index contributed by atoms with van der Waals surface area (Å²) in [5.74, 6) is 1.34. The third-order valence-electron chi connectivity index (χ3n) is 5.11. The van der Waals surface area contributed by atoms with Crippen molar-refractivity contribution in [1.82, 2.24) is 19.5 Å². The quantitative estimate of drug-likeness (QED) is 0.690. The first-order valence-electron chi connectivity index (χ1n) is 8.90. The van der Waals surface area contributed by atoms with Crippen molar-refractivity contribution in [2.45, 2.75) is 26.3 Å². The number of fused-ring (bicyclic) bond motifs is 1. The second kappa shape index (κ2) is 7.23. The minimum absolute atomic E-state index is 0.112. The second-order valence-corrected chi connectivity index (χ2v) is 7.27. The maximum Gasteiger partial charge on any atom is 0.261 e. The van der Waals surface area contributed by atoms with Crippen molar-refractivity contribution in [3.05, 3.63) is 57.7 Å². The summed E-state index contributed by atoms with van der Waals surface area (Å²) in [4.78, 5) is 27.6. The second-order valence-electron chi connectivity index (χ2n) is 6.86. The van der Waals surface area contributed by atoms with Crippen LogP contribution in [0.15, 0.2) is 35.5 Å². The van der Waals surface area contributed by atoms with Crippen LogP contribution in [0.2, 0.25) is 5.02 Å². The van der Waals surface area contributed by atoms with Gasteiger partial charge in [-0.1, -0.05) is 11.6 Å². The molecule has 2 aromatic heterocycles. The van der Waals surface area contributed by atoms with Crippen LogP contribution in [-0.2, 0) is 6.54 Å². The van der Waals surface area contributed by atoms with Crippen molar-refractivity contribution in [1.29, 1.82) is 0 Å². The number of benzene rings is 1. The van der Waals surface area contributed by atoms with Gasteiger partial charge in [-0.3, -0.25) is 9.36 Å². The van der Waals surface area contributed by atoms with E-state index in [-0.39, 0.29) is 11.4 Å². The Bertz CT molecular complexity index is 1050. The molecule has 8 heteroatoms. The molecule has 0 unspecified atom stereocenters. The fraction of sp³-hybridized carbons (Fsp3) is 0.368. The standard InChI is InChI=1S/C19H19ClFN5O/c1-12-24-17-8-14(21)2-3-15(17)19(27)26(12)10-13-4-6-25(7-5-13)18-16(20)9-22-11-23-18/h2-3,8-9,11,13H,4-7,10H2,1H3. The average Bonchev–Trinajstić information content (AvgIpc) is 2.66. The third-order valence-corrected chi connectivity index (χ3v) is 5.38. The van der Waals surface area contributed by atoms with E-state index in [1.807, 2.05) is 0 Å². The molecule has 1 fully saturated rings. The Hall–Kier alpha value is -2.54. The first-order valence-corrected chi connectivity index (χ1v) is 9.28. The van der Waals surface area contributed by atoms with E-state index < -0.39 is 0 Å². The lowest BCUT2D eigenvalue weighted by atomic mass is 9.96. The van der Waals surface area contributed by atoms with Gasteiger partial charge >= 0.3 is 0 Å². The van der Waals surface area contributed by atoms with Crippen LogP contribution in [0.3, 0.4) is 0 Å². The SMILES string of the molecule is Cc1nc2cc(F)ccc2c(=O)n1CC1CCN(c2ncncc2Cl)CC1. The van der Waals surface area contributed by atoms with Crippen LogP contribution in [0.25, 0.3) is 10.9 Å². The molecule has 4 rings (SSSR count). The molecule has 140 valence electrons. The summed E-state index contributed by atoms with van der Waals surface area (Å²) >= 11 is 6.18. The zero-order valence-corrected chi connectivity index (χ0v) is 15.7. The first-order chi connectivity index (χ1) is 13.0. The van der Waals surface area contributed by atoms with Gasteiger partial charge in [-0.25, -0.2) is 19.3 Å². The molecule has 1 aliphatic heterocycles. The number of aromatic nitrogens is 4. The molecular formula is C19H19ClFN5O. The molecule has 0 radical (unpaired) electrons. The third kappa shape index (κ3) is 3.51. The molecule has 27 heavy (non-hydrogen) atoms. The summed E-state index contributed by atoms with van der Waals surface area (Å²) in [7, 11) is 0. The lowest BCUT2D eigenvalue weighted by molar-refractivity contribution is 0.348. The van der Waals surface area contributed by atoms with Gasteiger partial charge in [0, 0.05) is 25.7 Å². The van der Waals surface area contributed by atoms with E-state index in [0.29, 0.717) is 34.2 Å². The molecule has 0 amide bonds. The minimum atomic E-state index is -0.387. The van der Waals surface area contributed by atoms with E-state index >= 15 is 0 Å². The summed E-state index contributed by atoms with van der Waals surface area (Å²) in [5.41, 5.74) is 0.292. The van der Waals surface area contributed by atoms with E-state index in [4.69, 9.17) is 11.6 Å². The van der Waals surface area contributed by atoms with Gasteiger partial charge in [-0.05, 0) is 37.8 Å². The van der Waals surface area contributed by atoms with Crippen molar-refractivity contribution in [2.24, 2.45) is 5.92 Å². The largest absolute Gasteiger partial charge is 0.355 e. The number of hydrogen-bond donors (Lipinski definition) is 0. The molecule has 0 aliphatic carbocycles. The molecule has 0 N–H and O–H groups in total. The summed E-state index contributed by atoms with van der Waals surface area (Å²) in [6.07, 6.45) is 4.95. The number of aryl methyl sites for hydroxylation is 1. The van der Waals surface area contributed by atoms with E-state index in [2.05, 4.69) is 19.9 Å². The van der Waals surface area contributed by atoms with E-state index in [0.717, 1.165) is 31.7 Å². The van der Waals surface area contributed by atoms with E-state index in [1.54, 1.807) is 17.7 Å². The Kier molecular flexibility index (Phi) is 4.78. The fourth-order valence-corrected chi connectivity index (χ4v) is 3.87. The van der Waals surface area contributed by atoms with Gasteiger partial charge in [0.25, 0.3) is 5.56 Å². The molecule has 1 saturated heterocycles. The first kappa shape index (κ1) is 17.9. The van der Waals surface area contributed by atoms with Crippen LogP contribution in [-0.4, -0.2) is 32.6 Å². The molecule has 0 spiro atoms. The summed E-state index contributed by atoms with van der Waals surface area (Å²) in [5, 5.41) is 1.00. The summed E-state index contributed by atoms with van der Waals surface area (Å²) in [6, 6.07) is 4.11. The highest BCUT2D eigenvalue weighted by atomic mass is 35.5. The number of piperidine rings is 1. The zero-order valence-electron chi connectivity index (χ0n) is 14.9. The fourth-order valence-electron chi connectivity index (χ4n) is 3.64. The topological polar surface area (TPSA) is 63.9 Å². The molecule has 0 saturated carbocycles. The van der Waals surface area contributed by atoms with E-state index in [9.17, 15) is 9.18 Å². The number of anilines is 1. The number of nitrogens with zero attached hydrogens (tertiary/aromatic N) is 5. The van der Waals surface area contributed by atoms with Crippen LogP contribution in [0.4, 0.5) is 10.2 Å². The van der Waals surface area contributed by atoms with Crippen molar-refractivity contribution in [2.75, 3.05) is 18.0 Å². The van der Waals surface area contributed by atoms with Gasteiger partial charge in [0.2, 0.25) is 0 Å². The van der Waals surface area contributed by atoms with Gasteiger partial charge in [-0.2, -0.15) is 0 Å². The maximum atomic E-state index is 13.4. The maximum absolute atomic E-state index is 13.4. The van der Waals surface area contributed by atoms with Crippen molar-refractivity contribution >= 4 is 28.3 Å². The molecule has 1 aliphatic rings. The number of hydrogen-bond acceptors (Lipinski definition) is 5. The highest BCUT2D eigenvalue weighted by Gasteiger charge is 2.23. The molecule has 0 atom stereocenters. The van der Waals surface area contributed by atoms with Gasteiger partial charge in [0.15, 0.2) is 5.82 Å². The molecule has 1 aromatic carbocycles.